The fourth-order valence-electron chi connectivity index (χ4n) is 2.01. The van der Waals surface area contributed by atoms with Crippen molar-refractivity contribution in [3.05, 3.63) is 48.2 Å². The van der Waals surface area contributed by atoms with Gasteiger partial charge < -0.3 is 10.1 Å². The van der Waals surface area contributed by atoms with Gasteiger partial charge in [0.05, 0.1) is 7.11 Å². The highest BCUT2D eigenvalue weighted by Gasteiger charge is 2.10. The number of benzene rings is 1. The van der Waals surface area contributed by atoms with Crippen molar-refractivity contribution in [2.45, 2.75) is 0 Å². The smallest absolute Gasteiger partial charge is 0.258 e. The van der Waals surface area contributed by atoms with Crippen LogP contribution in [0, 0.1) is 0 Å². The third-order valence-corrected chi connectivity index (χ3v) is 3.20. The van der Waals surface area contributed by atoms with Gasteiger partial charge in [-0.15, -0.1) is 5.10 Å². The Balaban J connectivity index is 1.80. The Bertz CT molecular complexity index is 810. The van der Waals surface area contributed by atoms with Crippen molar-refractivity contribution in [3.8, 4) is 5.75 Å². The van der Waals surface area contributed by atoms with E-state index in [9.17, 15) is 4.79 Å². The molecule has 0 aliphatic carbocycles. The first kappa shape index (κ1) is 13.9. The molecule has 0 aliphatic rings. The zero-order chi connectivity index (χ0) is 15.5. The fraction of sp³-hybridized carbons (Fsp3) is 0.133. The van der Waals surface area contributed by atoms with Crippen molar-refractivity contribution in [2.24, 2.45) is 0 Å². The maximum Gasteiger partial charge on any atom is 0.258 e. The molecule has 3 rings (SSSR count). The molecule has 0 spiro atoms. The minimum atomic E-state index is -0.271. The highest BCUT2D eigenvalue weighted by atomic mass is 16.5. The second kappa shape index (κ2) is 5.72. The van der Waals surface area contributed by atoms with Gasteiger partial charge in [-0.3, -0.25) is 10.1 Å². The molecule has 1 amide bonds. The maximum atomic E-state index is 12.2. The van der Waals surface area contributed by atoms with E-state index in [0.717, 1.165) is 5.69 Å². The van der Waals surface area contributed by atoms with E-state index in [-0.39, 0.29) is 11.9 Å². The van der Waals surface area contributed by atoms with E-state index < -0.39 is 0 Å². The molecule has 0 aliphatic heterocycles. The van der Waals surface area contributed by atoms with Gasteiger partial charge in [0.25, 0.3) is 5.91 Å². The minimum absolute atomic E-state index is 0.258. The summed E-state index contributed by atoms with van der Waals surface area (Å²) in [6.07, 6.45) is 1.78. The number of nitrogens with zero attached hydrogens (tertiary/aromatic N) is 3. The van der Waals surface area contributed by atoms with E-state index in [0.29, 0.717) is 17.0 Å². The van der Waals surface area contributed by atoms with E-state index in [1.54, 1.807) is 42.1 Å². The summed E-state index contributed by atoms with van der Waals surface area (Å²) in [6, 6.07) is 10.5. The Morgan fingerprint density at radius 2 is 2.00 bits per heavy atom. The number of aromatic nitrogens is 3. The highest BCUT2D eigenvalue weighted by molar-refractivity contribution is 6.03. The first-order valence-electron chi connectivity index (χ1n) is 6.69. The number of ether oxygens (including phenoxy) is 1. The molecule has 0 saturated carbocycles. The number of carbonyl (C=O) groups excluding carboxylic acids is 1. The average Bonchev–Trinajstić information content (AvgIpc) is 2.95. The van der Waals surface area contributed by atoms with Crippen LogP contribution in [0.25, 0.3) is 5.65 Å². The molecule has 0 bridgehead atoms. The molecular weight excluding hydrogens is 282 g/mol. The number of hydrogen-bond donors (Lipinski definition) is 2. The summed E-state index contributed by atoms with van der Waals surface area (Å²) in [5, 5.41) is 9.91. The quantitative estimate of drug-likeness (QED) is 0.770. The molecule has 7 heteroatoms. The topological polar surface area (TPSA) is 80.5 Å². The van der Waals surface area contributed by atoms with Gasteiger partial charge in [0, 0.05) is 30.6 Å². The number of hydrogen-bond acceptors (Lipinski definition) is 5. The first-order chi connectivity index (χ1) is 10.7. The number of pyridine rings is 1. The van der Waals surface area contributed by atoms with Crippen LogP contribution in [0.2, 0.25) is 0 Å². The van der Waals surface area contributed by atoms with Crippen molar-refractivity contribution in [2.75, 3.05) is 24.8 Å². The van der Waals surface area contributed by atoms with Crippen molar-refractivity contribution in [1.29, 1.82) is 0 Å². The molecule has 0 radical (unpaired) electrons. The normalized spacial score (nSPS) is 10.5. The van der Waals surface area contributed by atoms with Gasteiger partial charge in [0.15, 0.2) is 5.65 Å². The highest BCUT2D eigenvalue weighted by Crippen LogP contribution is 2.14. The van der Waals surface area contributed by atoms with Gasteiger partial charge >= 0.3 is 0 Å². The molecule has 22 heavy (non-hydrogen) atoms. The lowest BCUT2D eigenvalue weighted by atomic mass is 10.2. The molecular formula is C15H15N5O2. The standard InChI is InChI=1S/C15H15N5O2/c1-16-11-7-8-20-13(9-11)17-15(19-20)18-14(21)10-3-5-12(22-2)6-4-10/h3-9,16H,1-2H3,(H,18,19,21). The first-order valence-corrected chi connectivity index (χ1v) is 6.69. The number of carbonyl (C=O) groups is 1. The van der Waals surface area contributed by atoms with Crippen LogP contribution in [0.4, 0.5) is 11.6 Å². The lowest BCUT2D eigenvalue weighted by molar-refractivity contribution is 0.102. The van der Waals surface area contributed by atoms with Gasteiger partial charge in [-0.05, 0) is 30.3 Å². The van der Waals surface area contributed by atoms with Crippen LogP contribution < -0.4 is 15.4 Å². The average molecular weight is 297 g/mol. The Morgan fingerprint density at radius 1 is 1.23 bits per heavy atom. The molecule has 0 atom stereocenters. The summed E-state index contributed by atoms with van der Waals surface area (Å²) < 4.78 is 6.66. The fourth-order valence-corrected chi connectivity index (χ4v) is 2.01. The predicted molar refractivity (Wildman–Crippen MR) is 83.5 cm³/mol. The molecule has 0 fully saturated rings. The van der Waals surface area contributed by atoms with Gasteiger partial charge in [-0.1, -0.05) is 0 Å². The van der Waals surface area contributed by atoms with Crippen LogP contribution in [0.3, 0.4) is 0 Å². The Morgan fingerprint density at radius 3 is 2.68 bits per heavy atom. The van der Waals surface area contributed by atoms with Crippen LogP contribution in [-0.2, 0) is 0 Å². The van der Waals surface area contributed by atoms with Crippen molar-refractivity contribution >= 4 is 23.2 Å². The van der Waals surface area contributed by atoms with Crippen molar-refractivity contribution in [1.82, 2.24) is 14.6 Å². The lowest BCUT2D eigenvalue weighted by Crippen LogP contribution is -2.12. The van der Waals surface area contributed by atoms with Crippen LogP contribution in [0.15, 0.2) is 42.6 Å². The SMILES string of the molecule is CNc1ccn2nc(NC(=O)c3ccc(OC)cc3)nc2c1. The van der Waals surface area contributed by atoms with Gasteiger partial charge in [0.1, 0.15) is 5.75 Å². The Hall–Kier alpha value is -3.09. The molecule has 1 aromatic carbocycles. The monoisotopic (exact) mass is 297 g/mol. The number of amides is 1. The van der Waals surface area contributed by atoms with E-state index >= 15 is 0 Å². The van der Waals surface area contributed by atoms with Crippen molar-refractivity contribution in [3.63, 3.8) is 0 Å². The van der Waals surface area contributed by atoms with Crippen LogP contribution >= 0.6 is 0 Å². The van der Waals surface area contributed by atoms with Gasteiger partial charge in [-0.2, -0.15) is 4.98 Å². The van der Waals surface area contributed by atoms with E-state index in [2.05, 4.69) is 20.7 Å². The number of nitrogens with one attached hydrogen (secondary N) is 2. The molecule has 7 nitrogen and oxygen atoms in total. The molecule has 0 saturated heterocycles. The molecule has 112 valence electrons. The van der Waals surface area contributed by atoms with Crippen LogP contribution in [0.5, 0.6) is 5.75 Å². The summed E-state index contributed by atoms with van der Waals surface area (Å²) >= 11 is 0. The third-order valence-electron chi connectivity index (χ3n) is 3.20. The second-order valence-corrected chi connectivity index (χ2v) is 4.59. The van der Waals surface area contributed by atoms with Crippen molar-refractivity contribution < 1.29 is 9.53 Å². The molecule has 2 heterocycles. The Kier molecular flexibility index (Phi) is 3.61. The number of fused-ring (bicyclic) bond motifs is 1. The third kappa shape index (κ3) is 2.69. The van der Waals surface area contributed by atoms with Gasteiger partial charge in [-0.25, -0.2) is 4.52 Å². The van der Waals surface area contributed by atoms with E-state index in [1.807, 2.05) is 19.2 Å². The number of methoxy groups -OCH3 is 1. The van der Waals surface area contributed by atoms with Crippen LogP contribution in [0.1, 0.15) is 10.4 Å². The molecule has 2 N–H and O–H groups in total. The lowest BCUT2D eigenvalue weighted by Gasteiger charge is -2.02. The molecule has 3 aromatic rings. The Labute approximate surface area is 126 Å². The minimum Gasteiger partial charge on any atom is -0.497 e. The number of rotatable bonds is 4. The van der Waals surface area contributed by atoms with Crippen LogP contribution in [-0.4, -0.2) is 34.7 Å². The van der Waals surface area contributed by atoms with Gasteiger partial charge in [0.2, 0.25) is 5.95 Å². The summed E-state index contributed by atoms with van der Waals surface area (Å²) in [4.78, 5) is 16.4. The summed E-state index contributed by atoms with van der Waals surface area (Å²) in [5.74, 6) is 0.684. The second-order valence-electron chi connectivity index (χ2n) is 4.59. The van der Waals surface area contributed by atoms with E-state index in [1.165, 1.54) is 0 Å². The van der Waals surface area contributed by atoms with E-state index in [4.69, 9.17) is 4.74 Å². The zero-order valence-electron chi connectivity index (χ0n) is 12.2. The summed E-state index contributed by atoms with van der Waals surface area (Å²) in [5.41, 5.74) is 2.08. The zero-order valence-corrected chi connectivity index (χ0v) is 12.2. The molecule has 0 unspecified atom stereocenters. The molecule has 2 aromatic heterocycles. The maximum absolute atomic E-state index is 12.2. The summed E-state index contributed by atoms with van der Waals surface area (Å²) in [6.45, 7) is 0. The summed E-state index contributed by atoms with van der Waals surface area (Å²) in [7, 11) is 3.41. The predicted octanol–water partition coefficient (Wildman–Crippen LogP) is 2.03. The number of anilines is 2. The largest absolute Gasteiger partial charge is 0.497 e.